The van der Waals surface area contributed by atoms with Crippen molar-refractivity contribution in [2.45, 2.75) is 32.4 Å². The van der Waals surface area contributed by atoms with Crippen LogP contribution in [0.5, 0.6) is 0 Å². The summed E-state index contributed by atoms with van der Waals surface area (Å²) in [5, 5.41) is 3.30. The number of hydrogen-bond acceptors (Lipinski definition) is 2. The molecule has 0 aliphatic rings. The number of benzene rings is 2. The van der Waals surface area contributed by atoms with E-state index in [0.29, 0.717) is 17.1 Å². The predicted octanol–water partition coefficient (Wildman–Crippen LogP) is 6.41. The molecule has 27 heavy (non-hydrogen) atoms. The van der Waals surface area contributed by atoms with Crippen molar-refractivity contribution in [3.05, 3.63) is 64.4 Å². The second-order valence-corrected chi connectivity index (χ2v) is 7.00. The number of furan rings is 1. The van der Waals surface area contributed by atoms with E-state index in [1.54, 1.807) is 0 Å². The second kappa shape index (κ2) is 7.27. The van der Waals surface area contributed by atoms with Crippen LogP contribution in [-0.2, 0) is 17.4 Å². The van der Waals surface area contributed by atoms with Gasteiger partial charge in [-0.15, -0.1) is 0 Å². The van der Waals surface area contributed by atoms with Crippen molar-refractivity contribution in [3.8, 4) is 0 Å². The van der Waals surface area contributed by atoms with Crippen LogP contribution in [0.3, 0.4) is 0 Å². The molecule has 0 radical (unpaired) electrons. The number of amides is 1. The number of rotatable bonds is 4. The molecule has 0 fully saturated rings. The summed E-state index contributed by atoms with van der Waals surface area (Å²) in [5.74, 6) is -0.163. The molecule has 1 heterocycles. The van der Waals surface area contributed by atoms with Crippen molar-refractivity contribution < 1.29 is 22.4 Å². The molecule has 2 aromatic carbocycles. The summed E-state index contributed by atoms with van der Waals surface area (Å²) in [5.41, 5.74) is 1.46. The molecule has 0 atom stereocenters. The maximum atomic E-state index is 12.9. The molecule has 3 aromatic rings. The van der Waals surface area contributed by atoms with Gasteiger partial charge >= 0.3 is 6.18 Å². The van der Waals surface area contributed by atoms with E-state index >= 15 is 0 Å². The molecule has 142 valence electrons. The van der Waals surface area contributed by atoms with Gasteiger partial charge in [-0.05, 0) is 41.8 Å². The van der Waals surface area contributed by atoms with Crippen LogP contribution in [-0.4, -0.2) is 5.91 Å². The fourth-order valence-corrected chi connectivity index (χ4v) is 2.92. The van der Waals surface area contributed by atoms with Gasteiger partial charge in [-0.2, -0.15) is 13.2 Å². The highest BCUT2D eigenvalue weighted by atomic mass is 35.5. The summed E-state index contributed by atoms with van der Waals surface area (Å²) >= 11 is 5.92. The Labute approximate surface area is 159 Å². The van der Waals surface area contributed by atoms with E-state index in [1.165, 1.54) is 6.26 Å². The minimum Gasteiger partial charge on any atom is -0.464 e. The van der Waals surface area contributed by atoms with Gasteiger partial charge in [0.15, 0.2) is 0 Å². The smallest absolute Gasteiger partial charge is 0.416 e. The second-order valence-electron chi connectivity index (χ2n) is 6.59. The normalized spacial score (nSPS) is 12.0. The van der Waals surface area contributed by atoms with Crippen LogP contribution in [0.25, 0.3) is 11.0 Å². The molecule has 3 nitrogen and oxygen atoms in total. The summed E-state index contributed by atoms with van der Waals surface area (Å²) in [4.78, 5) is 12.4. The predicted molar refractivity (Wildman–Crippen MR) is 99.1 cm³/mol. The molecule has 0 saturated carbocycles. The molecule has 0 bridgehead atoms. The minimum atomic E-state index is -4.52. The topological polar surface area (TPSA) is 42.2 Å². The van der Waals surface area contributed by atoms with Gasteiger partial charge in [-0.3, -0.25) is 4.79 Å². The first-order valence-corrected chi connectivity index (χ1v) is 8.69. The highest BCUT2D eigenvalue weighted by molar-refractivity contribution is 6.33. The largest absolute Gasteiger partial charge is 0.464 e. The average molecular weight is 396 g/mol. The maximum Gasteiger partial charge on any atom is 0.416 e. The van der Waals surface area contributed by atoms with Gasteiger partial charge in [0.1, 0.15) is 5.58 Å². The molecule has 0 aliphatic carbocycles. The van der Waals surface area contributed by atoms with E-state index in [-0.39, 0.29) is 17.1 Å². The zero-order valence-corrected chi connectivity index (χ0v) is 15.4. The monoisotopic (exact) mass is 395 g/mol. The van der Waals surface area contributed by atoms with Crippen LogP contribution in [0.1, 0.15) is 36.5 Å². The lowest BCUT2D eigenvalue weighted by Gasteiger charge is -2.11. The fourth-order valence-electron chi connectivity index (χ4n) is 2.76. The van der Waals surface area contributed by atoms with Crippen LogP contribution in [0.2, 0.25) is 5.02 Å². The van der Waals surface area contributed by atoms with Gasteiger partial charge < -0.3 is 9.73 Å². The van der Waals surface area contributed by atoms with E-state index < -0.39 is 17.6 Å². The van der Waals surface area contributed by atoms with Gasteiger partial charge in [0.2, 0.25) is 5.91 Å². The Kier molecular flexibility index (Phi) is 5.20. The van der Waals surface area contributed by atoms with E-state index in [4.69, 9.17) is 16.0 Å². The summed E-state index contributed by atoms with van der Waals surface area (Å²) in [6, 6.07) is 8.57. The van der Waals surface area contributed by atoms with Crippen molar-refractivity contribution in [2.75, 3.05) is 5.32 Å². The first kappa shape index (κ1) is 19.3. The Bertz CT molecular complexity index is 993. The summed E-state index contributed by atoms with van der Waals surface area (Å²) < 4.78 is 44.0. The van der Waals surface area contributed by atoms with Crippen LogP contribution in [0.4, 0.5) is 18.9 Å². The summed E-state index contributed by atoms with van der Waals surface area (Å²) in [6.07, 6.45) is -3.07. The molecule has 0 spiro atoms. The first-order valence-electron chi connectivity index (χ1n) is 8.32. The van der Waals surface area contributed by atoms with Gasteiger partial charge in [0.05, 0.1) is 29.0 Å². The van der Waals surface area contributed by atoms with Gasteiger partial charge in [0, 0.05) is 10.9 Å². The minimum absolute atomic E-state index is 0.0375. The number of nitrogens with one attached hydrogen (secondary N) is 1. The van der Waals surface area contributed by atoms with Crippen LogP contribution in [0.15, 0.2) is 47.1 Å². The molecule has 0 aliphatic heterocycles. The number of alkyl halides is 3. The lowest BCUT2D eigenvalue weighted by atomic mass is 10.00. The number of carbonyl (C=O) groups is 1. The van der Waals surface area contributed by atoms with Gasteiger partial charge in [-0.25, -0.2) is 0 Å². The third kappa shape index (κ3) is 4.27. The number of carbonyl (C=O) groups excluding carboxylic acids is 1. The molecule has 1 N–H and O–H groups in total. The molecule has 3 rings (SSSR count). The van der Waals surface area contributed by atoms with Crippen molar-refractivity contribution in [1.29, 1.82) is 0 Å². The number of halogens is 4. The van der Waals surface area contributed by atoms with E-state index in [1.807, 2.05) is 18.2 Å². The Balaban J connectivity index is 1.82. The Morgan fingerprint density at radius 2 is 1.93 bits per heavy atom. The lowest BCUT2D eigenvalue weighted by Crippen LogP contribution is -2.15. The van der Waals surface area contributed by atoms with Crippen LogP contribution < -0.4 is 5.32 Å². The summed E-state index contributed by atoms with van der Waals surface area (Å²) in [7, 11) is 0. The number of anilines is 1. The average Bonchev–Trinajstić information content (AvgIpc) is 2.98. The standard InChI is InChI=1S/C20H17ClF3NO2/c1-11(2)12-3-6-18-15(7-12)13(10-27-18)8-19(26)25-17-9-14(20(22,23)24)4-5-16(17)21/h3-7,9-11H,8H2,1-2H3,(H,25,26). The Hall–Kier alpha value is -2.47. The zero-order valence-electron chi connectivity index (χ0n) is 14.7. The third-order valence-corrected chi connectivity index (χ3v) is 4.59. The van der Waals surface area contributed by atoms with Crippen LogP contribution >= 0.6 is 11.6 Å². The van der Waals surface area contributed by atoms with E-state index in [9.17, 15) is 18.0 Å². The van der Waals surface area contributed by atoms with Crippen LogP contribution in [0, 0.1) is 0 Å². The Morgan fingerprint density at radius 1 is 1.19 bits per heavy atom. The molecular weight excluding hydrogens is 379 g/mol. The highest BCUT2D eigenvalue weighted by Crippen LogP contribution is 2.34. The zero-order chi connectivity index (χ0) is 19.8. The van der Waals surface area contributed by atoms with E-state index in [0.717, 1.165) is 29.1 Å². The third-order valence-electron chi connectivity index (χ3n) is 4.26. The quantitative estimate of drug-likeness (QED) is 0.554. The summed E-state index contributed by atoms with van der Waals surface area (Å²) in [6.45, 7) is 4.12. The van der Waals surface area contributed by atoms with Crippen molar-refractivity contribution in [2.24, 2.45) is 0 Å². The van der Waals surface area contributed by atoms with Gasteiger partial charge in [0.25, 0.3) is 0 Å². The fraction of sp³-hybridized carbons (Fsp3) is 0.250. The molecule has 0 saturated heterocycles. The molecule has 1 aromatic heterocycles. The van der Waals surface area contributed by atoms with Crippen molar-refractivity contribution >= 4 is 34.2 Å². The SMILES string of the molecule is CC(C)c1ccc2occ(CC(=O)Nc3cc(C(F)(F)F)ccc3Cl)c2c1. The highest BCUT2D eigenvalue weighted by Gasteiger charge is 2.31. The van der Waals surface area contributed by atoms with E-state index in [2.05, 4.69) is 19.2 Å². The molecule has 0 unspecified atom stereocenters. The lowest BCUT2D eigenvalue weighted by molar-refractivity contribution is -0.137. The molecule has 7 heteroatoms. The van der Waals surface area contributed by atoms with Crippen molar-refractivity contribution in [3.63, 3.8) is 0 Å². The maximum absolute atomic E-state index is 12.9. The molecule has 1 amide bonds. The van der Waals surface area contributed by atoms with Crippen molar-refractivity contribution in [1.82, 2.24) is 0 Å². The van der Waals surface area contributed by atoms with Gasteiger partial charge in [-0.1, -0.05) is 31.5 Å². The number of hydrogen-bond donors (Lipinski definition) is 1. The number of fused-ring (bicyclic) bond motifs is 1. The first-order chi connectivity index (χ1) is 12.6. The Morgan fingerprint density at radius 3 is 2.59 bits per heavy atom. The molecular formula is C20H17ClF3NO2.